The first kappa shape index (κ1) is 18.0. The highest BCUT2D eigenvalue weighted by Crippen LogP contribution is 2.73. The summed E-state index contributed by atoms with van der Waals surface area (Å²) in [6.07, 6.45) is -0.762. The number of hydrogen-bond donors (Lipinski definition) is 0. The maximum absolute atomic E-state index is 12.6. The molecular formula is C10H22O6P2. The Kier molecular flexibility index (Phi) is 7.01. The van der Waals surface area contributed by atoms with Crippen molar-refractivity contribution < 1.29 is 27.2 Å². The van der Waals surface area contributed by atoms with E-state index in [1.165, 1.54) is 14.2 Å². The smallest absolute Gasteiger partial charge is 0.308 e. The van der Waals surface area contributed by atoms with Crippen LogP contribution in [0.15, 0.2) is 11.6 Å². The molecule has 0 rings (SSSR count). The van der Waals surface area contributed by atoms with Gasteiger partial charge in [0, 0.05) is 14.2 Å². The minimum absolute atomic E-state index is 0.289. The molecule has 108 valence electrons. The van der Waals surface area contributed by atoms with Crippen LogP contribution in [0.4, 0.5) is 0 Å². The van der Waals surface area contributed by atoms with Gasteiger partial charge in [0.2, 0.25) is 0 Å². The van der Waals surface area contributed by atoms with Crippen molar-refractivity contribution in [3.63, 3.8) is 0 Å². The lowest BCUT2D eigenvalue weighted by Crippen LogP contribution is -2.10. The monoisotopic (exact) mass is 300 g/mol. The van der Waals surface area contributed by atoms with E-state index < -0.39 is 15.2 Å². The molecule has 8 heteroatoms. The molecule has 0 aliphatic heterocycles. The van der Waals surface area contributed by atoms with E-state index in [0.717, 1.165) is 0 Å². The van der Waals surface area contributed by atoms with Gasteiger partial charge in [0.1, 0.15) is 5.06 Å². The van der Waals surface area contributed by atoms with E-state index in [1.807, 2.05) is 0 Å². The lowest BCUT2D eigenvalue weighted by Gasteiger charge is -2.26. The molecule has 0 aromatic heterocycles. The van der Waals surface area contributed by atoms with Crippen molar-refractivity contribution in [2.45, 2.75) is 39.9 Å². The lowest BCUT2D eigenvalue weighted by molar-refractivity contribution is 0.147. The summed E-state index contributed by atoms with van der Waals surface area (Å²) in [6, 6.07) is 0. The second-order valence-corrected chi connectivity index (χ2v) is 8.66. The summed E-state index contributed by atoms with van der Waals surface area (Å²) in [4.78, 5) is 0. The molecule has 0 bridgehead atoms. The highest BCUT2D eigenvalue weighted by Gasteiger charge is 2.44. The molecule has 0 saturated carbocycles. The minimum Gasteiger partial charge on any atom is -0.308 e. The summed E-state index contributed by atoms with van der Waals surface area (Å²) in [6.45, 7) is 10.3. The first-order valence-electron chi connectivity index (χ1n) is 5.49. The molecule has 0 unspecified atom stereocenters. The average molecular weight is 300 g/mol. The van der Waals surface area contributed by atoms with Crippen LogP contribution in [0.1, 0.15) is 27.7 Å². The highest BCUT2D eigenvalue weighted by atomic mass is 31.2. The molecule has 0 heterocycles. The van der Waals surface area contributed by atoms with Crippen LogP contribution >= 0.6 is 15.2 Å². The van der Waals surface area contributed by atoms with Gasteiger partial charge in [-0.05, 0) is 27.7 Å². The van der Waals surface area contributed by atoms with Crippen molar-refractivity contribution in [1.29, 1.82) is 0 Å². The Labute approximate surface area is 109 Å². The third-order valence-electron chi connectivity index (χ3n) is 1.81. The third-order valence-corrected chi connectivity index (χ3v) is 6.91. The summed E-state index contributed by atoms with van der Waals surface area (Å²) in [5.74, 6) is 0. The summed E-state index contributed by atoms with van der Waals surface area (Å²) in [7, 11) is -5.13. The molecule has 0 N–H and O–H groups in total. The predicted octanol–water partition coefficient (Wildman–Crippen LogP) is 3.99. The summed E-state index contributed by atoms with van der Waals surface area (Å²) in [5.41, 5.74) is 0. The van der Waals surface area contributed by atoms with Gasteiger partial charge >= 0.3 is 15.2 Å². The van der Waals surface area contributed by atoms with E-state index in [2.05, 4.69) is 6.58 Å². The van der Waals surface area contributed by atoms with E-state index >= 15 is 0 Å². The predicted molar refractivity (Wildman–Crippen MR) is 70.8 cm³/mol. The van der Waals surface area contributed by atoms with Crippen molar-refractivity contribution in [2.24, 2.45) is 0 Å². The molecule has 0 radical (unpaired) electrons. The summed E-state index contributed by atoms with van der Waals surface area (Å²) >= 11 is 0. The highest BCUT2D eigenvalue weighted by molar-refractivity contribution is 7.78. The quantitative estimate of drug-likeness (QED) is 0.631. The lowest BCUT2D eigenvalue weighted by atomic mass is 10.5. The van der Waals surface area contributed by atoms with Gasteiger partial charge in [-0.15, -0.1) is 0 Å². The van der Waals surface area contributed by atoms with Gasteiger partial charge in [0.25, 0.3) is 0 Å². The standard InChI is InChI=1S/C10H22O6P2/c1-8(2)15-18(12,16-9(3)4)10(5)17(11,13-6)14-7/h8-9H,5H2,1-4,6-7H3. The summed E-state index contributed by atoms with van der Waals surface area (Å²) < 4.78 is 44.8. The number of hydrogen-bond acceptors (Lipinski definition) is 6. The van der Waals surface area contributed by atoms with E-state index in [-0.39, 0.29) is 17.3 Å². The Morgan fingerprint density at radius 2 is 1.22 bits per heavy atom. The fourth-order valence-electron chi connectivity index (χ4n) is 1.14. The number of rotatable bonds is 8. The van der Waals surface area contributed by atoms with Crippen LogP contribution in [0, 0.1) is 0 Å². The van der Waals surface area contributed by atoms with Gasteiger partial charge in [-0.2, -0.15) is 0 Å². The van der Waals surface area contributed by atoms with Crippen LogP contribution in [0.5, 0.6) is 0 Å². The molecule has 0 spiro atoms. The van der Waals surface area contributed by atoms with Crippen molar-refractivity contribution in [3.8, 4) is 0 Å². The molecule has 0 atom stereocenters. The van der Waals surface area contributed by atoms with Crippen LogP contribution < -0.4 is 0 Å². The van der Waals surface area contributed by atoms with Crippen LogP contribution in [0.3, 0.4) is 0 Å². The Morgan fingerprint density at radius 3 is 1.44 bits per heavy atom. The molecule has 0 aliphatic rings. The van der Waals surface area contributed by atoms with E-state index in [1.54, 1.807) is 27.7 Å². The van der Waals surface area contributed by atoms with Gasteiger partial charge in [-0.1, -0.05) is 6.58 Å². The molecule has 0 fully saturated rings. The summed E-state index contributed by atoms with van der Waals surface area (Å²) in [5, 5.41) is -0.289. The zero-order valence-electron chi connectivity index (χ0n) is 11.7. The SMILES string of the molecule is C=C(P(=O)(OC)OC)P(=O)(OC(C)C)OC(C)C. The van der Waals surface area contributed by atoms with Crippen LogP contribution in [-0.2, 0) is 27.2 Å². The molecule has 0 aliphatic carbocycles. The normalized spacial score (nSPS) is 13.3. The van der Waals surface area contributed by atoms with Crippen molar-refractivity contribution in [1.82, 2.24) is 0 Å². The molecule has 0 saturated heterocycles. The molecule has 0 aromatic rings. The topological polar surface area (TPSA) is 71.1 Å². The zero-order chi connectivity index (χ0) is 14.6. The average Bonchev–Trinajstić information content (AvgIpc) is 2.24. The second-order valence-electron chi connectivity index (χ2n) is 4.08. The van der Waals surface area contributed by atoms with Gasteiger partial charge in [-0.25, -0.2) is 0 Å². The Hall–Kier alpha value is 0.0400. The van der Waals surface area contributed by atoms with E-state index in [0.29, 0.717) is 0 Å². The maximum Gasteiger partial charge on any atom is 0.369 e. The largest absolute Gasteiger partial charge is 0.369 e. The van der Waals surface area contributed by atoms with Gasteiger partial charge in [-0.3, -0.25) is 9.13 Å². The van der Waals surface area contributed by atoms with Gasteiger partial charge in [0.05, 0.1) is 12.2 Å². The Morgan fingerprint density at radius 1 is 0.889 bits per heavy atom. The maximum atomic E-state index is 12.6. The zero-order valence-corrected chi connectivity index (χ0v) is 13.5. The van der Waals surface area contributed by atoms with E-state index in [9.17, 15) is 9.13 Å². The Balaban J connectivity index is 5.39. The van der Waals surface area contributed by atoms with Crippen molar-refractivity contribution in [3.05, 3.63) is 11.6 Å². The van der Waals surface area contributed by atoms with Crippen LogP contribution in [0.2, 0.25) is 0 Å². The molecule has 0 amide bonds. The molecule has 18 heavy (non-hydrogen) atoms. The van der Waals surface area contributed by atoms with Crippen molar-refractivity contribution in [2.75, 3.05) is 14.2 Å². The minimum atomic E-state index is -3.78. The van der Waals surface area contributed by atoms with Crippen LogP contribution in [0.25, 0.3) is 0 Å². The van der Waals surface area contributed by atoms with Crippen molar-refractivity contribution >= 4 is 15.2 Å². The molecule has 0 aromatic carbocycles. The van der Waals surface area contributed by atoms with Gasteiger partial charge < -0.3 is 18.1 Å². The third kappa shape index (κ3) is 4.61. The van der Waals surface area contributed by atoms with Gasteiger partial charge in [0.15, 0.2) is 0 Å². The molecule has 6 nitrogen and oxygen atoms in total. The fraction of sp³-hybridized carbons (Fsp3) is 0.800. The first-order valence-corrected chi connectivity index (χ1v) is 8.58. The van der Waals surface area contributed by atoms with Crippen LogP contribution in [-0.4, -0.2) is 26.4 Å². The molecular weight excluding hydrogens is 278 g/mol. The fourth-order valence-corrected chi connectivity index (χ4v) is 5.08. The van der Waals surface area contributed by atoms with E-state index in [4.69, 9.17) is 18.1 Å². The first-order chi connectivity index (χ1) is 8.11. The Bertz CT molecular complexity index is 355. The second kappa shape index (κ2) is 6.99.